The van der Waals surface area contributed by atoms with Crippen LogP contribution in [0.25, 0.3) is 0 Å². The first kappa shape index (κ1) is 22.1. The molecule has 0 unspecified atom stereocenters. The molecule has 0 atom stereocenters. The van der Waals surface area contributed by atoms with Gasteiger partial charge in [-0.15, -0.1) is 0 Å². The van der Waals surface area contributed by atoms with Crippen molar-refractivity contribution in [3.63, 3.8) is 0 Å². The van der Waals surface area contributed by atoms with Gasteiger partial charge in [0.1, 0.15) is 0 Å². The van der Waals surface area contributed by atoms with Crippen molar-refractivity contribution < 1.29 is 14.6 Å². The van der Waals surface area contributed by atoms with Gasteiger partial charge in [-0.25, -0.2) is 4.99 Å². The second-order valence-electron chi connectivity index (χ2n) is 6.01. The molecule has 0 bridgehead atoms. The van der Waals surface area contributed by atoms with Crippen molar-refractivity contribution in [1.29, 1.82) is 0 Å². The Hall–Kier alpha value is -1.99. The summed E-state index contributed by atoms with van der Waals surface area (Å²) in [6, 6.07) is 5.33. The van der Waals surface area contributed by atoms with Gasteiger partial charge in [-0.1, -0.05) is 6.07 Å². The van der Waals surface area contributed by atoms with Crippen molar-refractivity contribution in [3.05, 3.63) is 23.8 Å². The zero-order valence-corrected chi connectivity index (χ0v) is 16.5. The molecule has 0 radical (unpaired) electrons. The highest BCUT2D eigenvalue weighted by atomic mass is 16.5. The summed E-state index contributed by atoms with van der Waals surface area (Å²) in [5.41, 5.74) is 0.986. The van der Waals surface area contributed by atoms with Gasteiger partial charge < -0.3 is 30.1 Å². The molecule has 0 aromatic heterocycles. The second kappa shape index (κ2) is 13.2. The fraction of sp³-hybridized carbons (Fsp3) is 0.632. The van der Waals surface area contributed by atoms with Crippen LogP contribution in [0.5, 0.6) is 11.5 Å². The smallest absolute Gasteiger partial charge is 0.191 e. The Kier molecular flexibility index (Phi) is 11.2. The van der Waals surface area contributed by atoms with Crippen molar-refractivity contribution in [1.82, 2.24) is 15.5 Å². The number of guanidine groups is 1. The topological polar surface area (TPSA) is 78.4 Å². The van der Waals surface area contributed by atoms with Crippen LogP contribution in [0.3, 0.4) is 0 Å². The van der Waals surface area contributed by atoms with E-state index in [1.807, 2.05) is 26.0 Å². The van der Waals surface area contributed by atoms with E-state index >= 15 is 0 Å². The van der Waals surface area contributed by atoms with Gasteiger partial charge in [0.15, 0.2) is 17.5 Å². The highest BCUT2D eigenvalue weighted by molar-refractivity contribution is 5.79. The average molecular weight is 367 g/mol. The van der Waals surface area contributed by atoms with Crippen LogP contribution >= 0.6 is 0 Å². The Balaban J connectivity index is 2.51. The lowest BCUT2D eigenvalue weighted by Crippen LogP contribution is -2.41. The first-order chi connectivity index (χ1) is 12.6. The highest BCUT2D eigenvalue weighted by Gasteiger charge is 2.04. The number of nitrogens with one attached hydrogen (secondary N) is 2. The van der Waals surface area contributed by atoms with Crippen LogP contribution in [0.4, 0.5) is 0 Å². The third-order valence-corrected chi connectivity index (χ3v) is 3.76. The number of phenols is 1. The number of ether oxygens (including phenoxy) is 2. The molecule has 3 N–H and O–H groups in total. The summed E-state index contributed by atoms with van der Waals surface area (Å²) in [6.07, 6.45) is 1.03. The van der Waals surface area contributed by atoms with E-state index in [0.717, 1.165) is 50.7 Å². The van der Waals surface area contributed by atoms with Crippen LogP contribution in [0.1, 0.15) is 25.8 Å². The van der Waals surface area contributed by atoms with Crippen molar-refractivity contribution >= 4 is 5.96 Å². The third-order valence-electron chi connectivity index (χ3n) is 3.76. The quantitative estimate of drug-likeness (QED) is 0.298. The maximum atomic E-state index is 9.78. The fourth-order valence-electron chi connectivity index (χ4n) is 2.40. The molecule has 0 aliphatic carbocycles. The van der Waals surface area contributed by atoms with E-state index in [0.29, 0.717) is 18.9 Å². The summed E-state index contributed by atoms with van der Waals surface area (Å²) in [4.78, 5) is 6.87. The lowest BCUT2D eigenvalue weighted by Gasteiger charge is -2.18. The van der Waals surface area contributed by atoms with Crippen molar-refractivity contribution in [2.45, 2.75) is 26.8 Å². The van der Waals surface area contributed by atoms with Crippen LogP contribution in [0.2, 0.25) is 0 Å². The molecule has 0 saturated heterocycles. The van der Waals surface area contributed by atoms with Crippen molar-refractivity contribution in [3.8, 4) is 11.5 Å². The van der Waals surface area contributed by atoms with Gasteiger partial charge in [-0.2, -0.15) is 0 Å². The molecule has 0 spiro atoms. The Bertz CT molecular complexity index is 538. The molecule has 0 fully saturated rings. The number of phenolic OH excluding ortho intramolecular Hbond substituents is 1. The first-order valence-electron chi connectivity index (χ1n) is 9.25. The maximum absolute atomic E-state index is 9.78. The highest BCUT2D eigenvalue weighted by Crippen LogP contribution is 2.26. The van der Waals surface area contributed by atoms with Gasteiger partial charge in [-0.05, 0) is 45.0 Å². The Labute approximate surface area is 157 Å². The molecule has 0 heterocycles. The first-order valence-corrected chi connectivity index (χ1v) is 9.25. The molecule has 0 aliphatic heterocycles. The summed E-state index contributed by atoms with van der Waals surface area (Å²) in [7, 11) is 3.83. The molecule has 148 valence electrons. The van der Waals surface area contributed by atoms with Gasteiger partial charge in [0.25, 0.3) is 0 Å². The largest absolute Gasteiger partial charge is 0.504 e. The van der Waals surface area contributed by atoms with Crippen LogP contribution in [0.15, 0.2) is 23.2 Å². The van der Waals surface area contributed by atoms with Crippen LogP contribution in [-0.4, -0.2) is 69.5 Å². The number of benzene rings is 1. The summed E-state index contributed by atoms with van der Waals surface area (Å²) in [5, 5.41) is 16.4. The molecule has 7 heteroatoms. The van der Waals surface area contributed by atoms with Crippen molar-refractivity contribution in [2.75, 3.05) is 53.6 Å². The summed E-state index contributed by atoms with van der Waals surface area (Å²) in [5.74, 6) is 1.43. The number of hydrogen-bond acceptors (Lipinski definition) is 5. The molecular formula is C19H34N4O3. The molecule has 1 rings (SSSR count). The third kappa shape index (κ3) is 8.92. The minimum Gasteiger partial charge on any atom is -0.504 e. The SMILES string of the molecule is CCNC(=NCc1ccc(O)c(OCC)c1)NCCN(C)CCCOC. The number of likely N-dealkylation sites (N-methyl/N-ethyl adjacent to an activating group) is 1. The minimum atomic E-state index is 0.154. The van der Waals surface area contributed by atoms with Gasteiger partial charge >= 0.3 is 0 Å². The molecule has 26 heavy (non-hydrogen) atoms. The molecule has 7 nitrogen and oxygen atoms in total. The number of methoxy groups -OCH3 is 1. The number of nitrogens with zero attached hydrogens (tertiary/aromatic N) is 2. The summed E-state index contributed by atoms with van der Waals surface area (Å²) in [6.45, 7) is 9.31. The number of aliphatic imine (C=N–C) groups is 1. The summed E-state index contributed by atoms with van der Waals surface area (Å²) >= 11 is 0. The Morgan fingerprint density at radius 1 is 1.23 bits per heavy atom. The zero-order valence-electron chi connectivity index (χ0n) is 16.5. The van der Waals surface area contributed by atoms with E-state index in [9.17, 15) is 5.11 Å². The van der Waals surface area contributed by atoms with E-state index < -0.39 is 0 Å². The summed E-state index contributed by atoms with van der Waals surface area (Å²) < 4.78 is 10.5. The minimum absolute atomic E-state index is 0.154. The molecular weight excluding hydrogens is 332 g/mol. The predicted molar refractivity (Wildman–Crippen MR) is 106 cm³/mol. The molecule has 1 aromatic rings. The number of rotatable bonds is 12. The van der Waals surface area contributed by atoms with Crippen LogP contribution < -0.4 is 15.4 Å². The standard InChI is InChI=1S/C19H34N4O3/c1-5-20-19(21-10-12-23(3)11-7-13-25-4)22-15-16-8-9-17(24)18(14-16)26-6-2/h8-9,14,24H,5-7,10-13,15H2,1-4H3,(H2,20,21,22). The van der Waals surface area contributed by atoms with Gasteiger partial charge in [0.05, 0.1) is 13.2 Å². The van der Waals surface area contributed by atoms with E-state index in [-0.39, 0.29) is 5.75 Å². The van der Waals surface area contributed by atoms with Crippen molar-refractivity contribution in [2.24, 2.45) is 4.99 Å². The maximum Gasteiger partial charge on any atom is 0.191 e. The lowest BCUT2D eigenvalue weighted by molar-refractivity contribution is 0.180. The van der Waals surface area contributed by atoms with Gasteiger partial charge in [0, 0.05) is 39.9 Å². The predicted octanol–water partition coefficient (Wildman–Crippen LogP) is 1.81. The van der Waals surface area contributed by atoms with Crippen LogP contribution in [-0.2, 0) is 11.3 Å². The fourth-order valence-corrected chi connectivity index (χ4v) is 2.40. The molecule has 0 aliphatic rings. The normalized spacial score (nSPS) is 11.7. The Morgan fingerprint density at radius 3 is 2.73 bits per heavy atom. The monoisotopic (exact) mass is 366 g/mol. The molecule has 0 amide bonds. The van der Waals surface area contributed by atoms with E-state index in [1.54, 1.807) is 13.2 Å². The van der Waals surface area contributed by atoms with Gasteiger partial charge in [-0.3, -0.25) is 0 Å². The second-order valence-corrected chi connectivity index (χ2v) is 6.01. The average Bonchev–Trinajstić information content (AvgIpc) is 2.62. The van der Waals surface area contributed by atoms with E-state index in [2.05, 4.69) is 27.6 Å². The number of hydrogen-bond donors (Lipinski definition) is 3. The van der Waals surface area contributed by atoms with Crippen LogP contribution in [0, 0.1) is 0 Å². The number of aromatic hydroxyl groups is 1. The molecule has 0 saturated carbocycles. The lowest BCUT2D eigenvalue weighted by atomic mass is 10.2. The van der Waals surface area contributed by atoms with E-state index in [1.165, 1.54) is 0 Å². The van der Waals surface area contributed by atoms with Gasteiger partial charge in [0.2, 0.25) is 0 Å². The zero-order chi connectivity index (χ0) is 19.2. The Morgan fingerprint density at radius 2 is 2.04 bits per heavy atom. The van der Waals surface area contributed by atoms with E-state index in [4.69, 9.17) is 9.47 Å². The molecule has 1 aromatic carbocycles.